The van der Waals surface area contributed by atoms with Crippen molar-refractivity contribution in [2.45, 2.75) is 44.6 Å². The van der Waals surface area contributed by atoms with Gasteiger partial charge < -0.3 is 29.7 Å². The highest BCUT2D eigenvalue weighted by atomic mass is 16.5. The maximum Gasteiger partial charge on any atom is 0.295 e. The number of likely N-dealkylation sites (tertiary alicyclic amines) is 1. The van der Waals surface area contributed by atoms with Gasteiger partial charge in [-0.05, 0) is 61.8 Å². The first-order valence-corrected chi connectivity index (χ1v) is 15.7. The monoisotopic (exact) mass is 629 g/mol. The molecule has 1 saturated heterocycles. The van der Waals surface area contributed by atoms with E-state index in [4.69, 9.17) is 14.2 Å². The zero-order chi connectivity index (χ0) is 32.9. The molecule has 1 heterocycles. The molecule has 3 amide bonds. The molecule has 0 aromatic heterocycles. The van der Waals surface area contributed by atoms with E-state index in [0.29, 0.717) is 32.4 Å². The van der Waals surface area contributed by atoms with E-state index in [1.165, 1.54) is 43.9 Å². The molecule has 0 saturated carbocycles. The molecule has 3 aromatic rings. The highest BCUT2D eigenvalue weighted by molar-refractivity contribution is 6.43. The lowest BCUT2D eigenvalue weighted by atomic mass is 9.86. The molecule has 0 spiro atoms. The van der Waals surface area contributed by atoms with Crippen molar-refractivity contribution in [3.05, 3.63) is 89.5 Å². The first-order valence-electron chi connectivity index (χ1n) is 15.7. The fraction of sp³-hybridized carbons (Fsp3) is 0.389. The number of aryl methyl sites for hydroxylation is 2. The Morgan fingerprint density at radius 2 is 1.26 bits per heavy atom. The van der Waals surface area contributed by atoms with Crippen LogP contribution >= 0.6 is 0 Å². The van der Waals surface area contributed by atoms with Gasteiger partial charge in [0.15, 0.2) is 11.5 Å². The van der Waals surface area contributed by atoms with E-state index in [2.05, 4.69) is 10.6 Å². The molecule has 0 aliphatic carbocycles. The van der Waals surface area contributed by atoms with Crippen molar-refractivity contribution in [2.75, 3.05) is 41.0 Å². The third kappa shape index (κ3) is 8.65. The van der Waals surface area contributed by atoms with E-state index in [0.717, 1.165) is 24.8 Å². The summed E-state index contributed by atoms with van der Waals surface area (Å²) < 4.78 is 16.1. The highest BCUT2D eigenvalue weighted by Gasteiger charge is 2.44. The molecular formula is C36H43N3O7. The van der Waals surface area contributed by atoms with Crippen LogP contribution in [0.1, 0.15) is 47.2 Å². The van der Waals surface area contributed by atoms with Gasteiger partial charge in [-0.3, -0.25) is 19.2 Å². The second-order valence-electron chi connectivity index (χ2n) is 11.2. The smallest absolute Gasteiger partial charge is 0.295 e. The Balaban J connectivity index is 1.51. The van der Waals surface area contributed by atoms with Gasteiger partial charge in [-0.2, -0.15) is 0 Å². The largest absolute Gasteiger partial charge is 0.493 e. The Morgan fingerprint density at radius 1 is 0.739 bits per heavy atom. The fourth-order valence-electron chi connectivity index (χ4n) is 5.82. The molecule has 3 aromatic carbocycles. The average Bonchev–Trinajstić information content (AvgIpc) is 3.10. The van der Waals surface area contributed by atoms with Gasteiger partial charge in [-0.25, -0.2) is 0 Å². The normalized spacial score (nSPS) is 15.8. The Labute approximate surface area is 270 Å². The highest BCUT2D eigenvalue weighted by Crippen LogP contribution is 2.38. The molecule has 10 heteroatoms. The molecule has 0 unspecified atom stereocenters. The molecule has 4 rings (SSSR count). The maximum atomic E-state index is 13.8. The van der Waals surface area contributed by atoms with Crippen molar-refractivity contribution in [3.63, 3.8) is 0 Å². The molecule has 46 heavy (non-hydrogen) atoms. The number of nitrogens with one attached hydrogen (secondary N) is 2. The summed E-state index contributed by atoms with van der Waals surface area (Å²) in [4.78, 5) is 55.9. The van der Waals surface area contributed by atoms with Crippen molar-refractivity contribution in [2.24, 2.45) is 5.92 Å². The number of amides is 3. The van der Waals surface area contributed by atoms with Gasteiger partial charge in [0.2, 0.25) is 17.6 Å². The van der Waals surface area contributed by atoms with Gasteiger partial charge >= 0.3 is 0 Å². The predicted molar refractivity (Wildman–Crippen MR) is 174 cm³/mol. The van der Waals surface area contributed by atoms with E-state index >= 15 is 0 Å². The lowest BCUT2D eigenvalue weighted by molar-refractivity contribution is -0.146. The van der Waals surface area contributed by atoms with E-state index in [1.807, 2.05) is 60.7 Å². The van der Waals surface area contributed by atoms with Crippen LogP contribution in [0.15, 0.2) is 72.8 Å². The van der Waals surface area contributed by atoms with Crippen LogP contribution in [0.2, 0.25) is 0 Å². The van der Waals surface area contributed by atoms with E-state index in [9.17, 15) is 19.2 Å². The van der Waals surface area contributed by atoms with Crippen LogP contribution in [-0.4, -0.2) is 75.4 Å². The van der Waals surface area contributed by atoms with Gasteiger partial charge in [-0.15, -0.1) is 0 Å². The summed E-state index contributed by atoms with van der Waals surface area (Å²) in [6.45, 7) is 0.946. The van der Waals surface area contributed by atoms with E-state index in [-0.39, 0.29) is 35.3 Å². The number of hydrogen-bond acceptors (Lipinski definition) is 7. The summed E-state index contributed by atoms with van der Waals surface area (Å²) in [5, 5.41) is 5.90. The number of hydrogen-bond donors (Lipinski definition) is 2. The van der Waals surface area contributed by atoms with Crippen LogP contribution in [0, 0.1) is 5.92 Å². The zero-order valence-corrected chi connectivity index (χ0v) is 26.8. The first-order chi connectivity index (χ1) is 22.4. The summed E-state index contributed by atoms with van der Waals surface area (Å²) in [5.74, 6) is -2.57. The zero-order valence-electron chi connectivity index (χ0n) is 26.8. The number of methoxy groups -OCH3 is 3. The second kappa shape index (κ2) is 17.0. The van der Waals surface area contributed by atoms with E-state index in [1.54, 1.807) is 0 Å². The number of carbonyl (C=O) groups is 4. The van der Waals surface area contributed by atoms with Crippen molar-refractivity contribution in [1.82, 2.24) is 15.5 Å². The minimum Gasteiger partial charge on any atom is -0.493 e. The summed E-state index contributed by atoms with van der Waals surface area (Å²) in [5.41, 5.74) is 2.34. The van der Waals surface area contributed by atoms with Gasteiger partial charge in [-0.1, -0.05) is 60.7 Å². The Bertz CT molecular complexity index is 1450. The van der Waals surface area contributed by atoms with E-state index < -0.39 is 29.6 Å². The fourth-order valence-corrected chi connectivity index (χ4v) is 5.82. The molecule has 244 valence electrons. The van der Waals surface area contributed by atoms with Gasteiger partial charge in [0, 0.05) is 25.2 Å². The molecule has 1 aliphatic rings. The Morgan fingerprint density at radius 3 is 1.76 bits per heavy atom. The SMILES string of the molecule is COc1cc(C(=O)C(=O)N2CCC[C@@H](C(=O)NCCCc3ccccc3)[C@H]2C(=O)NCCCc2ccccc2)cc(OC)c1OC. The number of carbonyl (C=O) groups excluding carboxylic acids is 4. The van der Waals surface area contributed by atoms with Crippen LogP contribution in [0.3, 0.4) is 0 Å². The van der Waals surface area contributed by atoms with Crippen LogP contribution < -0.4 is 24.8 Å². The van der Waals surface area contributed by atoms with Gasteiger partial charge in [0.1, 0.15) is 6.04 Å². The predicted octanol–water partition coefficient (Wildman–Crippen LogP) is 4.00. The quantitative estimate of drug-likeness (QED) is 0.148. The number of piperidine rings is 1. The van der Waals surface area contributed by atoms with Crippen molar-refractivity contribution >= 4 is 23.5 Å². The van der Waals surface area contributed by atoms with Crippen molar-refractivity contribution < 1.29 is 33.4 Å². The Hall–Kier alpha value is -4.86. The summed E-state index contributed by atoms with van der Waals surface area (Å²) in [6, 6.07) is 21.6. The molecule has 2 N–H and O–H groups in total. The summed E-state index contributed by atoms with van der Waals surface area (Å²) in [6.07, 6.45) is 3.84. The Kier molecular flexibility index (Phi) is 12.6. The molecular weight excluding hydrogens is 586 g/mol. The number of ether oxygens (including phenoxy) is 3. The first kappa shape index (κ1) is 34.0. The van der Waals surface area contributed by atoms with Crippen LogP contribution in [-0.2, 0) is 27.2 Å². The van der Waals surface area contributed by atoms with Crippen molar-refractivity contribution in [1.29, 1.82) is 0 Å². The standard InChI is InChI=1S/C36H43N3O7/c1-44-29-23-27(24-30(45-2)33(29)46-3)32(40)36(43)39-22-12-19-28(34(41)37-20-10-17-25-13-6-4-7-14-25)31(39)35(42)38-21-11-18-26-15-8-5-9-16-26/h4-9,13-16,23-24,28,31H,10-12,17-22H2,1-3H3,(H,37,41)(H,38,42)/t28-,31+/m1/s1. The topological polar surface area (TPSA) is 123 Å². The molecule has 0 bridgehead atoms. The lowest BCUT2D eigenvalue weighted by Gasteiger charge is -2.39. The summed E-state index contributed by atoms with van der Waals surface area (Å²) in [7, 11) is 4.27. The third-order valence-corrected chi connectivity index (χ3v) is 8.19. The number of Topliss-reactive ketones (excluding diaryl/α,β-unsaturated/α-hetero) is 1. The number of nitrogens with zero attached hydrogens (tertiary/aromatic N) is 1. The van der Waals surface area contributed by atoms with Crippen LogP contribution in [0.5, 0.6) is 17.2 Å². The molecule has 10 nitrogen and oxygen atoms in total. The number of rotatable bonds is 15. The summed E-state index contributed by atoms with van der Waals surface area (Å²) >= 11 is 0. The molecule has 1 fully saturated rings. The van der Waals surface area contributed by atoms with Crippen LogP contribution in [0.4, 0.5) is 0 Å². The second-order valence-corrected chi connectivity index (χ2v) is 11.2. The van der Waals surface area contributed by atoms with Crippen LogP contribution in [0.25, 0.3) is 0 Å². The molecule has 1 aliphatic heterocycles. The maximum absolute atomic E-state index is 13.8. The van der Waals surface area contributed by atoms with Gasteiger partial charge in [0.25, 0.3) is 11.7 Å². The van der Waals surface area contributed by atoms with Gasteiger partial charge in [0.05, 0.1) is 27.2 Å². The average molecular weight is 630 g/mol. The number of benzene rings is 3. The van der Waals surface area contributed by atoms with Crippen molar-refractivity contribution in [3.8, 4) is 17.2 Å². The minimum absolute atomic E-state index is 0.0222. The minimum atomic E-state index is -1.14. The third-order valence-electron chi connectivity index (χ3n) is 8.19. The molecule has 0 radical (unpaired) electrons. The lowest BCUT2D eigenvalue weighted by Crippen LogP contribution is -2.60. The number of ketones is 1. The molecule has 2 atom stereocenters.